The third-order valence-corrected chi connectivity index (χ3v) is 2.91. The van der Waals surface area contributed by atoms with Crippen molar-refractivity contribution in [2.75, 3.05) is 26.2 Å². The van der Waals surface area contributed by atoms with Crippen LogP contribution in [0.4, 0.5) is 4.79 Å². The molecule has 1 aliphatic rings. The zero-order chi connectivity index (χ0) is 14.3. The molecule has 0 aromatic rings. The zero-order valence-corrected chi connectivity index (χ0v) is 11.1. The molecular formula is C12H21N3O4. The molecule has 0 aliphatic carbocycles. The Morgan fingerprint density at radius 1 is 1.21 bits per heavy atom. The van der Waals surface area contributed by atoms with Crippen LogP contribution in [0.1, 0.15) is 26.2 Å². The molecule has 7 heteroatoms. The maximum atomic E-state index is 11.6. The maximum absolute atomic E-state index is 11.6. The average Bonchev–Trinajstić information content (AvgIpc) is 2.30. The Kier molecular flexibility index (Phi) is 6.11. The molecule has 0 aromatic heterocycles. The van der Waals surface area contributed by atoms with Gasteiger partial charge in [-0.05, 0) is 6.42 Å². The Balaban J connectivity index is 2.06. The van der Waals surface area contributed by atoms with Crippen LogP contribution in [-0.2, 0) is 9.59 Å². The number of rotatable bonds is 7. The average molecular weight is 271 g/mol. The molecular weight excluding hydrogens is 250 g/mol. The van der Waals surface area contributed by atoms with Crippen LogP contribution in [0, 0.1) is 5.92 Å². The molecule has 0 unspecified atom stereocenters. The second-order valence-electron chi connectivity index (χ2n) is 4.70. The lowest BCUT2D eigenvalue weighted by Gasteiger charge is -2.38. The molecule has 1 rings (SSSR count). The molecule has 1 heterocycles. The van der Waals surface area contributed by atoms with Gasteiger partial charge in [0.1, 0.15) is 0 Å². The molecule has 19 heavy (non-hydrogen) atoms. The molecule has 0 atom stereocenters. The first kappa shape index (κ1) is 15.3. The number of carboxylic acid groups (broad SMARTS) is 1. The maximum Gasteiger partial charge on any atom is 0.317 e. The minimum absolute atomic E-state index is 0.0519. The van der Waals surface area contributed by atoms with Crippen LogP contribution < -0.4 is 10.6 Å². The van der Waals surface area contributed by atoms with Crippen molar-refractivity contribution in [1.29, 1.82) is 0 Å². The predicted molar refractivity (Wildman–Crippen MR) is 68.6 cm³/mol. The van der Waals surface area contributed by atoms with Gasteiger partial charge in [0.05, 0.1) is 6.42 Å². The standard InChI is InChI=1S/C12H21N3O4/c1-2-4-13-10(16)3-5-14-12(19)15-7-9(8-15)6-11(17)18/h9H,2-8H2,1H3,(H,13,16)(H,14,19)(H,17,18). The number of carboxylic acids is 1. The summed E-state index contributed by atoms with van der Waals surface area (Å²) in [6, 6.07) is -0.232. The Hall–Kier alpha value is -1.79. The summed E-state index contributed by atoms with van der Waals surface area (Å²) in [5.74, 6) is -0.858. The van der Waals surface area contributed by atoms with Gasteiger partial charge in [0.25, 0.3) is 0 Å². The van der Waals surface area contributed by atoms with E-state index in [1.807, 2.05) is 6.92 Å². The largest absolute Gasteiger partial charge is 0.481 e. The summed E-state index contributed by atoms with van der Waals surface area (Å²) >= 11 is 0. The fourth-order valence-electron chi connectivity index (χ4n) is 1.86. The van der Waals surface area contributed by atoms with Crippen molar-refractivity contribution in [2.45, 2.75) is 26.2 Å². The fourth-order valence-corrected chi connectivity index (χ4v) is 1.86. The van der Waals surface area contributed by atoms with E-state index in [1.165, 1.54) is 0 Å². The van der Waals surface area contributed by atoms with Crippen molar-refractivity contribution >= 4 is 17.9 Å². The topological polar surface area (TPSA) is 98.7 Å². The molecule has 0 aromatic carbocycles. The van der Waals surface area contributed by atoms with E-state index in [1.54, 1.807) is 4.90 Å². The number of hydrogen-bond donors (Lipinski definition) is 3. The van der Waals surface area contributed by atoms with E-state index in [2.05, 4.69) is 10.6 Å². The van der Waals surface area contributed by atoms with E-state index in [0.29, 0.717) is 26.2 Å². The van der Waals surface area contributed by atoms with Crippen LogP contribution in [-0.4, -0.2) is 54.1 Å². The van der Waals surface area contributed by atoms with Gasteiger partial charge in [0, 0.05) is 38.5 Å². The van der Waals surface area contributed by atoms with Gasteiger partial charge in [-0.2, -0.15) is 0 Å². The number of hydrogen-bond acceptors (Lipinski definition) is 3. The van der Waals surface area contributed by atoms with E-state index in [4.69, 9.17) is 5.11 Å². The summed E-state index contributed by atoms with van der Waals surface area (Å²) in [7, 11) is 0. The smallest absolute Gasteiger partial charge is 0.317 e. The lowest BCUT2D eigenvalue weighted by atomic mass is 9.97. The highest BCUT2D eigenvalue weighted by Crippen LogP contribution is 2.18. The van der Waals surface area contributed by atoms with Crippen LogP contribution >= 0.6 is 0 Å². The molecule has 0 bridgehead atoms. The van der Waals surface area contributed by atoms with Gasteiger partial charge in [-0.25, -0.2) is 4.79 Å². The van der Waals surface area contributed by atoms with Crippen LogP contribution in [0.3, 0.4) is 0 Å². The molecule has 3 N–H and O–H groups in total. The van der Waals surface area contributed by atoms with E-state index >= 15 is 0 Å². The summed E-state index contributed by atoms with van der Waals surface area (Å²) in [6.07, 6.45) is 1.25. The van der Waals surface area contributed by atoms with Crippen LogP contribution in [0.15, 0.2) is 0 Å². The highest BCUT2D eigenvalue weighted by atomic mass is 16.4. The molecule has 7 nitrogen and oxygen atoms in total. The van der Waals surface area contributed by atoms with E-state index < -0.39 is 5.97 Å². The first-order valence-electron chi connectivity index (χ1n) is 6.54. The molecule has 108 valence electrons. The second kappa shape index (κ2) is 7.60. The van der Waals surface area contributed by atoms with Crippen molar-refractivity contribution in [3.8, 4) is 0 Å². The van der Waals surface area contributed by atoms with E-state index in [9.17, 15) is 14.4 Å². The molecule has 1 saturated heterocycles. The lowest BCUT2D eigenvalue weighted by molar-refractivity contribution is -0.139. The summed E-state index contributed by atoms with van der Waals surface area (Å²) in [5, 5.41) is 14.0. The summed E-state index contributed by atoms with van der Waals surface area (Å²) < 4.78 is 0. The van der Waals surface area contributed by atoms with Gasteiger partial charge >= 0.3 is 12.0 Å². The normalized spacial score (nSPS) is 14.7. The highest BCUT2D eigenvalue weighted by Gasteiger charge is 2.31. The third kappa shape index (κ3) is 5.58. The van der Waals surface area contributed by atoms with Gasteiger partial charge in [-0.1, -0.05) is 6.92 Å². The van der Waals surface area contributed by atoms with Crippen molar-refractivity contribution < 1.29 is 19.5 Å². The number of carbonyl (C=O) groups is 3. The monoisotopic (exact) mass is 271 g/mol. The molecule has 3 amide bonds. The van der Waals surface area contributed by atoms with E-state index in [-0.39, 0.29) is 30.7 Å². The Bertz CT molecular complexity index is 340. The van der Waals surface area contributed by atoms with Crippen molar-refractivity contribution in [1.82, 2.24) is 15.5 Å². The number of nitrogens with one attached hydrogen (secondary N) is 2. The SMILES string of the molecule is CCCNC(=O)CCNC(=O)N1CC(CC(=O)O)C1. The quantitative estimate of drug-likeness (QED) is 0.608. The molecule has 0 radical (unpaired) electrons. The number of urea groups is 1. The number of nitrogens with zero attached hydrogens (tertiary/aromatic N) is 1. The van der Waals surface area contributed by atoms with Crippen LogP contribution in [0.5, 0.6) is 0 Å². The van der Waals surface area contributed by atoms with Gasteiger partial charge in [-0.3, -0.25) is 9.59 Å². The van der Waals surface area contributed by atoms with Gasteiger partial charge < -0.3 is 20.6 Å². The van der Waals surface area contributed by atoms with Gasteiger partial charge in [0.15, 0.2) is 0 Å². The lowest BCUT2D eigenvalue weighted by Crippen LogP contribution is -2.54. The summed E-state index contributed by atoms with van der Waals surface area (Å²) in [4.78, 5) is 34.9. The zero-order valence-electron chi connectivity index (χ0n) is 11.1. The third-order valence-electron chi connectivity index (χ3n) is 2.91. The number of aliphatic carboxylic acids is 1. The molecule has 1 aliphatic heterocycles. The minimum atomic E-state index is -0.836. The Morgan fingerprint density at radius 2 is 1.89 bits per heavy atom. The van der Waals surface area contributed by atoms with Gasteiger partial charge in [-0.15, -0.1) is 0 Å². The second-order valence-corrected chi connectivity index (χ2v) is 4.70. The first-order valence-corrected chi connectivity index (χ1v) is 6.54. The number of likely N-dealkylation sites (tertiary alicyclic amines) is 1. The first-order chi connectivity index (χ1) is 9.02. The van der Waals surface area contributed by atoms with E-state index in [0.717, 1.165) is 6.42 Å². The number of amides is 3. The molecule has 0 saturated carbocycles. The van der Waals surface area contributed by atoms with Crippen LogP contribution in [0.2, 0.25) is 0 Å². The number of carbonyl (C=O) groups excluding carboxylic acids is 2. The fraction of sp³-hybridized carbons (Fsp3) is 0.750. The summed E-state index contributed by atoms with van der Waals surface area (Å²) in [6.45, 7) is 3.87. The summed E-state index contributed by atoms with van der Waals surface area (Å²) in [5.41, 5.74) is 0. The predicted octanol–water partition coefficient (Wildman–Crippen LogP) is 0.0188. The minimum Gasteiger partial charge on any atom is -0.481 e. The van der Waals surface area contributed by atoms with Crippen molar-refractivity contribution in [2.24, 2.45) is 5.92 Å². The Labute approximate surface area is 112 Å². The van der Waals surface area contributed by atoms with Crippen molar-refractivity contribution in [3.05, 3.63) is 0 Å². The molecule has 0 spiro atoms. The van der Waals surface area contributed by atoms with Crippen molar-refractivity contribution in [3.63, 3.8) is 0 Å². The van der Waals surface area contributed by atoms with Gasteiger partial charge in [0.2, 0.25) is 5.91 Å². The molecule has 1 fully saturated rings. The van der Waals surface area contributed by atoms with Crippen LogP contribution in [0.25, 0.3) is 0 Å². The highest BCUT2D eigenvalue weighted by molar-refractivity contribution is 5.78. The Morgan fingerprint density at radius 3 is 2.47 bits per heavy atom.